The summed E-state index contributed by atoms with van der Waals surface area (Å²) in [5, 5.41) is 6.78. The topological polar surface area (TPSA) is 58.1 Å². The van der Waals surface area contributed by atoms with Gasteiger partial charge in [-0.15, -0.1) is 24.0 Å². The lowest BCUT2D eigenvalue weighted by atomic mass is 9.99. The van der Waals surface area contributed by atoms with Gasteiger partial charge in [-0.05, 0) is 63.4 Å². The zero-order valence-corrected chi connectivity index (χ0v) is 19.4. The van der Waals surface area contributed by atoms with Gasteiger partial charge in [0.05, 0.1) is 14.2 Å². The van der Waals surface area contributed by atoms with Crippen molar-refractivity contribution in [2.45, 2.75) is 26.2 Å². The maximum Gasteiger partial charge on any atom is 0.191 e. The Labute approximate surface area is 181 Å². The normalized spacial score (nSPS) is 17.8. The first kappa shape index (κ1) is 23.8. The van der Waals surface area contributed by atoms with E-state index in [1.807, 2.05) is 12.1 Å². The van der Waals surface area contributed by atoms with Crippen LogP contribution in [0.25, 0.3) is 0 Å². The van der Waals surface area contributed by atoms with Crippen molar-refractivity contribution in [1.82, 2.24) is 15.5 Å². The van der Waals surface area contributed by atoms with E-state index in [2.05, 4.69) is 35.6 Å². The van der Waals surface area contributed by atoms with Gasteiger partial charge in [-0.3, -0.25) is 4.99 Å². The lowest BCUT2D eigenvalue weighted by Gasteiger charge is -2.28. The van der Waals surface area contributed by atoms with Crippen LogP contribution in [-0.4, -0.2) is 64.9 Å². The molecule has 0 amide bonds. The molecule has 2 N–H and O–H groups in total. The average molecular weight is 490 g/mol. The Hall–Kier alpha value is -1.22. The van der Waals surface area contributed by atoms with E-state index in [4.69, 9.17) is 14.5 Å². The Morgan fingerprint density at radius 3 is 2.67 bits per heavy atom. The van der Waals surface area contributed by atoms with Crippen LogP contribution in [0.3, 0.4) is 0 Å². The predicted molar refractivity (Wildman–Crippen MR) is 123 cm³/mol. The molecule has 1 aromatic carbocycles. The van der Waals surface area contributed by atoms with Crippen LogP contribution in [0.5, 0.6) is 11.5 Å². The van der Waals surface area contributed by atoms with Crippen molar-refractivity contribution < 1.29 is 9.47 Å². The molecule has 0 spiro atoms. The molecule has 6 nitrogen and oxygen atoms in total. The molecule has 1 aliphatic heterocycles. The van der Waals surface area contributed by atoms with E-state index in [1.165, 1.54) is 24.9 Å². The van der Waals surface area contributed by atoms with E-state index in [9.17, 15) is 0 Å². The minimum absolute atomic E-state index is 0. The summed E-state index contributed by atoms with van der Waals surface area (Å²) in [6.45, 7) is 7.03. The molecule has 0 radical (unpaired) electrons. The summed E-state index contributed by atoms with van der Waals surface area (Å²) in [5.41, 5.74) is 1.21. The highest BCUT2D eigenvalue weighted by Gasteiger charge is 2.16. The molecule has 2 rings (SSSR count). The third-order valence-corrected chi connectivity index (χ3v) is 4.73. The van der Waals surface area contributed by atoms with E-state index in [0.717, 1.165) is 50.1 Å². The van der Waals surface area contributed by atoms with Crippen molar-refractivity contribution in [3.05, 3.63) is 23.8 Å². The number of guanidine groups is 1. The first-order valence-electron chi connectivity index (χ1n) is 9.57. The molecule has 27 heavy (non-hydrogen) atoms. The highest BCUT2D eigenvalue weighted by atomic mass is 127. The minimum Gasteiger partial charge on any atom is -0.493 e. The third-order valence-electron chi connectivity index (χ3n) is 4.73. The van der Waals surface area contributed by atoms with Crippen molar-refractivity contribution >= 4 is 29.9 Å². The molecule has 0 aromatic heterocycles. The number of rotatable bonds is 8. The van der Waals surface area contributed by atoms with E-state index in [1.54, 1.807) is 14.2 Å². The van der Waals surface area contributed by atoms with Crippen LogP contribution in [0.2, 0.25) is 0 Å². The molecule has 1 fully saturated rings. The zero-order valence-electron chi connectivity index (χ0n) is 17.1. The number of nitrogens with one attached hydrogen (secondary N) is 2. The maximum absolute atomic E-state index is 5.37. The number of aliphatic imine (C=N–C) groups is 1. The smallest absolute Gasteiger partial charge is 0.191 e. The number of hydrogen-bond acceptors (Lipinski definition) is 4. The van der Waals surface area contributed by atoms with Crippen LogP contribution in [0.1, 0.15) is 25.3 Å². The Morgan fingerprint density at radius 1 is 1.22 bits per heavy atom. The summed E-state index contributed by atoms with van der Waals surface area (Å²) in [4.78, 5) is 7.19. The molecule has 7 heteroatoms. The number of nitrogens with zero attached hydrogens (tertiary/aromatic N) is 2. The summed E-state index contributed by atoms with van der Waals surface area (Å²) in [7, 11) is 5.52. The second-order valence-electron chi connectivity index (χ2n) is 6.86. The fourth-order valence-corrected chi connectivity index (χ4v) is 3.35. The molecule has 1 aromatic rings. The number of halogens is 1. The molecule has 1 heterocycles. The lowest BCUT2D eigenvalue weighted by Crippen LogP contribution is -2.39. The highest BCUT2D eigenvalue weighted by Crippen LogP contribution is 2.27. The number of piperidine rings is 1. The SMILES string of the molecule is CCNC(=NCC1CCCN(C)C1)NCCc1ccc(OC)c(OC)c1.I. The molecular weight excluding hydrogens is 455 g/mol. The van der Waals surface area contributed by atoms with Crippen molar-refractivity contribution in [3.63, 3.8) is 0 Å². The second kappa shape index (κ2) is 13.0. The van der Waals surface area contributed by atoms with Crippen LogP contribution in [0.4, 0.5) is 0 Å². The lowest BCUT2D eigenvalue weighted by molar-refractivity contribution is 0.214. The van der Waals surface area contributed by atoms with Crippen molar-refractivity contribution in [2.75, 3.05) is 54.0 Å². The van der Waals surface area contributed by atoms with Crippen molar-refractivity contribution in [2.24, 2.45) is 10.9 Å². The first-order valence-corrected chi connectivity index (χ1v) is 9.57. The van der Waals surface area contributed by atoms with Gasteiger partial charge in [-0.2, -0.15) is 0 Å². The van der Waals surface area contributed by atoms with Gasteiger partial charge in [0, 0.05) is 26.2 Å². The molecular formula is C20H35IN4O2. The Kier molecular flexibility index (Phi) is 11.5. The van der Waals surface area contributed by atoms with Crippen molar-refractivity contribution in [3.8, 4) is 11.5 Å². The fraction of sp³-hybridized carbons (Fsp3) is 0.650. The monoisotopic (exact) mass is 490 g/mol. The van der Waals surface area contributed by atoms with Crippen molar-refractivity contribution in [1.29, 1.82) is 0 Å². The molecule has 0 bridgehead atoms. The summed E-state index contributed by atoms with van der Waals surface area (Å²) in [6.07, 6.45) is 3.45. The summed E-state index contributed by atoms with van der Waals surface area (Å²) in [5.74, 6) is 3.10. The van der Waals surface area contributed by atoms with Crippen LogP contribution < -0.4 is 20.1 Å². The van der Waals surface area contributed by atoms with Gasteiger partial charge in [-0.25, -0.2) is 0 Å². The maximum atomic E-state index is 5.37. The molecule has 1 unspecified atom stereocenters. The molecule has 0 saturated carbocycles. The van der Waals surface area contributed by atoms with Gasteiger partial charge in [-0.1, -0.05) is 6.07 Å². The molecule has 0 aliphatic carbocycles. The Balaban J connectivity index is 0.00000364. The van der Waals surface area contributed by atoms with Gasteiger partial charge >= 0.3 is 0 Å². The number of likely N-dealkylation sites (tertiary alicyclic amines) is 1. The van der Waals surface area contributed by atoms with E-state index >= 15 is 0 Å². The first-order chi connectivity index (χ1) is 12.7. The molecule has 154 valence electrons. The third kappa shape index (κ3) is 8.13. The Morgan fingerprint density at radius 2 is 2.00 bits per heavy atom. The van der Waals surface area contributed by atoms with E-state index in [0.29, 0.717) is 5.92 Å². The zero-order chi connectivity index (χ0) is 18.8. The standard InChI is InChI=1S/C20H34N4O2.HI/c1-5-21-20(23-14-17-7-6-12-24(2)15-17)22-11-10-16-8-9-18(25-3)19(13-16)26-4;/h8-9,13,17H,5-7,10-12,14-15H2,1-4H3,(H2,21,22,23);1H. The molecule has 1 atom stereocenters. The summed E-state index contributed by atoms with van der Waals surface area (Å²) in [6, 6.07) is 6.06. The van der Waals surface area contributed by atoms with Gasteiger partial charge in [0.1, 0.15) is 0 Å². The van der Waals surface area contributed by atoms with E-state index in [-0.39, 0.29) is 24.0 Å². The predicted octanol–water partition coefficient (Wildman–Crippen LogP) is 2.76. The number of methoxy groups -OCH3 is 2. The molecule has 1 aliphatic rings. The molecule has 1 saturated heterocycles. The van der Waals surface area contributed by atoms with Gasteiger partial charge in [0.15, 0.2) is 17.5 Å². The summed E-state index contributed by atoms with van der Waals surface area (Å²) >= 11 is 0. The number of benzene rings is 1. The van der Waals surface area contributed by atoms with Gasteiger partial charge in [0.2, 0.25) is 0 Å². The fourth-order valence-electron chi connectivity index (χ4n) is 3.35. The van der Waals surface area contributed by atoms with Crippen LogP contribution >= 0.6 is 24.0 Å². The Bertz CT molecular complexity index is 583. The van der Waals surface area contributed by atoms with Gasteiger partial charge in [0.25, 0.3) is 0 Å². The van der Waals surface area contributed by atoms with Crippen LogP contribution in [0, 0.1) is 5.92 Å². The van der Waals surface area contributed by atoms with Crippen LogP contribution in [-0.2, 0) is 6.42 Å². The van der Waals surface area contributed by atoms with Gasteiger partial charge < -0.3 is 25.0 Å². The minimum atomic E-state index is 0. The number of hydrogen-bond donors (Lipinski definition) is 2. The highest BCUT2D eigenvalue weighted by molar-refractivity contribution is 14.0. The second-order valence-corrected chi connectivity index (χ2v) is 6.86. The average Bonchev–Trinajstić information content (AvgIpc) is 2.66. The van der Waals surface area contributed by atoms with Crippen LogP contribution in [0.15, 0.2) is 23.2 Å². The number of ether oxygens (including phenoxy) is 2. The summed E-state index contributed by atoms with van der Waals surface area (Å²) < 4.78 is 10.7. The van der Waals surface area contributed by atoms with E-state index < -0.39 is 0 Å². The largest absolute Gasteiger partial charge is 0.493 e. The quantitative estimate of drug-likeness (QED) is 0.334.